The summed E-state index contributed by atoms with van der Waals surface area (Å²) in [5.41, 5.74) is 6.33. The highest BCUT2D eigenvalue weighted by atomic mass is 16.7. The molecule has 1 aliphatic carbocycles. The molecule has 3 fully saturated rings. The topological polar surface area (TPSA) is 118 Å². The number of amides is 3. The predicted octanol–water partition coefficient (Wildman–Crippen LogP) is 7.62. The Bertz CT molecular complexity index is 1960. The summed E-state index contributed by atoms with van der Waals surface area (Å²) in [7, 11) is 0. The Kier molecular flexibility index (Phi) is 12.7. The summed E-state index contributed by atoms with van der Waals surface area (Å²) in [6, 6.07) is 32.7. The first kappa shape index (κ1) is 39.1. The maximum Gasteiger partial charge on any atom is 0.408 e. The second-order valence-electron chi connectivity index (χ2n) is 15.1. The molecule has 2 aliphatic heterocycles. The van der Waals surface area contributed by atoms with Crippen LogP contribution in [0.1, 0.15) is 79.2 Å². The quantitative estimate of drug-likeness (QED) is 0.0997. The summed E-state index contributed by atoms with van der Waals surface area (Å²) in [6.45, 7) is 7.98. The van der Waals surface area contributed by atoms with Crippen molar-refractivity contribution in [1.82, 2.24) is 15.1 Å². The first-order chi connectivity index (χ1) is 27.3. The number of imide groups is 1. The van der Waals surface area contributed by atoms with E-state index >= 15 is 0 Å². The number of hydrogen-bond acceptors (Lipinski definition) is 8. The van der Waals surface area contributed by atoms with Crippen molar-refractivity contribution >= 4 is 17.9 Å². The lowest BCUT2D eigenvalue weighted by Crippen LogP contribution is -2.47. The van der Waals surface area contributed by atoms with E-state index in [1.807, 2.05) is 109 Å². The normalized spacial score (nSPS) is 22.8. The van der Waals surface area contributed by atoms with Gasteiger partial charge in [0.15, 0.2) is 6.29 Å². The summed E-state index contributed by atoms with van der Waals surface area (Å²) in [4.78, 5) is 42.3. The molecule has 0 bridgehead atoms. The highest BCUT2D eigenvalue weighted by Gasteiger charge is 2.41. The van der Waals surface area contributed by atoms with E-state index in [2.05, 4.69) is 23.7 Å². The molecular weight excluding hydrogens is 707 g/mol. The molecule has 2 heterocycles. The standard InChI is InChI=1S/C46H51N3O7/c1-3-24-48(39-14-7-8-15-39)28-41-31(2)43(36-18-16-32(29-50)17-19-36)56-45(55-41)37-22-20-35(21-23-37)38-13-9-12-34(25-38)27-49-42(51)26-40(44(49)52)47-46(53)54-30-33-10-5-4-6-11-33/h3-6,9-13,16-23,25,31,39-41,43,45,50H,1,7-8,14-15,24,26-30H2,2H3,(H,47,53)/t31-,40?,41+,43+,45+/m0/s1. The van der Waals surface area contributed by atoms with Crippen LogP contribution in [0, 0.1) is 5.92 Å². The number of hydrogen-bond donors (Lipinski definition) is 2. The zero-order chi connectivity index (χ0) is 39.0. The molecule has 7 rings (SSSR count). The van der Waals surface area contributed by atoms with Crippen LogP contribution in [0.5, 0.6) is 0 Å². The van der Waals surface area contributed by atoms with E-state index in [9.17, 15) is 19.5 Å². The molecule has 0 radical (unpaired) electrons. The smallest absolute Gasteiger partial charge is 0.408 e. The zero-order valence-corrected chi connectivity index (χ0v) is 31.9. The summed E-state index contributed by atoms with van der Waals surface area (Å²) in [5.74, 6) is -0.729. The van der Waals surface area contributed by atoms with E-state index in [0.717, 1.165) is 52.0 Å². The molecule has 2 N–H and O–H groups in total. The average molecular weight is 758 g/mol. The van der Waals surface area contributed by atoms with Crippen molar-refractivity contribution < 1.29 is 33.7 Å². The van der Waals surface area contributed by atoms with Gasteiger partial charge in [0, 0.05) is 30.6 Å². The third-order valence-electron chi connectivity index (χ3n) is 11.3. The van der Waals surface area contributed by atoms with Gasteiger partial charge in [-0.2, -0.15) is 0 Å². The van der Waals surface area contributed by atoms with Gasteiger partial charge < -0.3 is 24.6 Å². The number of likely N-dealkylation sites (tertiary alicyclic amines) is 1. The monoisotopic (exact) mass is 757 g/mol. The van der Waals surface area contributed by atoms with E-state index in [-0.39, 0.29) is 50.2 Å². The summed E-state index contributed by atoms with van der Waals surface area (Å²) in [5, 5.41) is 12.2. The Hall–Kier alpha value is -5.13. The second kappa shape index (κ2) is 18.2. The van der Waals surface area contributed by atoms with Crippen molar-refractivity contribution in [3.63, 3.8) is 0 Å². The number of nitrogens with zero attached hydrogens (tertiary/aromatic N) is 2. The minimum atomic E-state index is -0.972. The van der Waals surface area contributed by atoms with E-state index < -0.39 is 24.3 Å². The number of ether oxygens (including phenoxy) is 3. The highest BCUT2D eigenvalue weighted by Crippen LogP contribution is 2.42. The number of nitrogens with one attached hydrogen (secondary N) is 1. The van der Waals surface area contributed by atoms with Gasteiger partial charge in [-0.25, -0.2) is 4.79 Å². The van der Waals surface area contributed by atoms with Gasteiger partial charge in [0.05, 0.1) is 31.8 Å². The van der Waals surface area contributed by atoms with Gasteiger partial charge in [-0.15, -0.1) is 6.58 Å². The van der Waals surface area contributed by atoms with Crippen molar-refractivity contribution in [3.05, 3.63) is 144 Å². The van der Waals surface area contributed by atoms with Crippen LogP contribution in [0.4, 0.5) is 4.79 Å². The highest BCUT2D eigenvalue weighted by molar-refractivity contribution is 6.06. The molecule has 56 heavy (non-hydrogen) atoms. The number of aliphatic hydroxyl groups excluding tert-OH is 1. The van der Waals surface area contributed by atoms with Crippen LogP contribution in [0.25, 0.3) is 11.1 Å². The molecular formula is C46H51N3O7. The predicted molar refractivity (Wildman–Crippen MR) is 213 cm³/mol. The number of carbonyl (C=O) groups excluding carboxylic acids is 3. The van der Waals surface area contributed by atoms with Crippen LogP contribution in [0.2, 0.25) is 0 Å². The zero-order valence-electron chi connectivity index (χ0n) is 31.9. The van der Waals surface area contributed by atoms with Crippen molar-refractivity contribution in [1.29, 1.82) is 0 Å². The number of aliphatic hydroxyl groups is 1. The van der Waals surface area contributed by atoms with Gasteiger partial charge in [0.1, 0.15) is 12.6 Å². The van der Waals surface area contributed by atoms with Gasteiger partial charge in [0.2, 0.25) is 5.91 Å². The van der Waals surface area contributed by atoms with Crippen molar-refractivity contribution in [3.8, 4) is 11.1 Å². The van der Waals surface area contributed by atoms with Gasteiger partial charge in [0.25, 0.3) is 5.91 Å². The Morgan fingerprint density at radius 1 is 0.893 bits per heavy atom. The molecule has 292 valence electrons. The fourth-order valence-corrected chi connectivity index (χ4v) is 8.10. The third kappa shape index (κ3) is 9.28. The number of carbonyl (C=O) groups is 3. The Balaban J connectivity index is 1.03. The lowest BCUT2D eigenvalue weighted by molar-refractivity contribution is -0.276. The molecule has 4 aromatic rings. The van der Waals surface area contributed by atoms with Gasteiger partial charge >= 0.3 is 6.09 Å². The Morgan fingerprint density at radius 3 is 2.32 bits per heavy atom. The average Bonchev–Trinajstić information content (AvgIpc) is 3.86. The Labute approximate surface area is 329 Å². The molecule has 3 amide bonds. The molecule has 2 saturated heterocycles. The van der Waals surface area contributed by atoms with Gasteiger partial charge in [-0.3, -0.25) is 19.4 Å². The molecule has 10 nitrogen and oxygen atoms in total. The van der Waals surface area contributed by atoms with Crippen LogP contribution in [0.3, 0.4) is 0 Å². The van der Waals surface area contributed by atoms with Crippen LogP contribution < -0.4 is 5.32 Å². The molecule has 1 saturated carbocycles. The number of rotatable bonds is 14. The molecule has 5 atom stereocenters. The van der Waals surface area contributed by atoms with Crippen molar-refractivity contribution in [2.45, 2.75) is 89.4 Å². The Morgan fingerprint density at radius 2 is 1.61 bits per heavy atom. The number of alkyl carbamates (subject to hydrolysis) is 1. The minimum absolute atomic E-state index is 0.0107. The molecule has 0 spiro atoms. The molecule has 3 aliphatic rings. The lowest BCUT2D eigenvalue weighted by atomic mass is 9.89. The van der Waals surface area contributed by atoms with E-state index in [1.54, 1.807) is 0 Å². The lowest BCUT2D eigenvalue weighted by Gasteiger charge is -2.43. The summed E-state index contributed by atoms with van der Waals surface area (Å²) < 4.78 is 18.8. The largest absolute Gasteiger partial charge is 0.445 e. The molecule has 10 heteroatoms. The van der Waals surface area contributed by atoms with Crippen LogP contribution >= 0.6 is 0 Å². The molecule has 4 aromatic carbocycles. The first-order valence-electron chi connectivity index (χ1n) is 19.7. The van der Waals surface area contributed by atoms with Crippen molar-refractivity contribution in [2.24, 2.45) is 5.92 Å². The summed E-state index contributed by atoms with van der Waals surface area (Å²) >= 11 is 0. The van der Waals surface area contributed by atoms with Crippen LogP contribution in [-0.2, 0) is 43.6 Å². The first-order valence-corrected chi connectivity index (χ1v) is 19.7. The van der Waals surface area contributed by atoms with Gasteiger partial charge in [-0.1, -0.05) is 123 Å². The summed E-state index contributed by atoms with van der Waals surface area (Å²) in [6.07, 6.45) is 5.14. The van der Waals surface area contributed by atoms with Crippen LogP contribution in [0.15, 0.2) is 116 Å². The van der Waals surface area contributed by atoms with Crippen molar-refractivity contribution in [2.75, 3.05) is 13.1 Å². The fraction of sp³-hybridized carbons (Fsp3) is 0.370. The maximum atomic E-state index is 13.2. The minimum Gasteiger partial charge on any atom is -0.445 e. The maximum absolute atomic E-state index is 13.2. The van der Waals surface area contributed by atoms with E-state index in [1.165, 1.54) is 30.6 Å². The third-order valence-corrected chi connectivity index (χ3v) is 11.3. The molecule has 1 unspecified atom stereocenters. The van der Waals surface area contributed by atoms with E-state index in [4.69, 9.17) is 14.2 Å². The molecule has 0 aromatic heterocycles. The fourth-order valence-electron chi connectivity index (χ4n) is 8.10. The van der Waals surface area contributed by atoms with Crippen LogP contribution in [-0.4, -0.2) is 64.1 Å². The second-order valence-corrected chi connectivity index (χ2v) is 15.1. The van der Waals surface area contributed by atoms with Gasteiger partial charge in [-0.05, 0) is 52.3 Å². The number of benzene rings is 4. The van der Waals surface area contributed by atoms with E-state index in [0.29, 0.717) is 6.04 Å². The SMILES string of the molecule is C=CCN(C[C@H]1O[C@@H](c2ccc(-c3cccc(CN4C(=O)CC(NC(=O)OCc5ccccc5)C4=O)c3)cc2)O[C@@H](c2ccc(CO)cc2)[C@H]1C)C1CCCC1.